The molecule has 2 heterocycles. The van der Waals surface area contributed by atoms with Gasteiger partial charge in [-0.2, -0.15) is 5.10 Å². The third-order valence-corrected chi connectivity index (χ3v) is 5.66. The highest BCUT2D eigenvalue weighted by Crippen LogP contribution is 2.33. The molecule has 2 aromatic carbocycles. The topological polar surface area (TPSA) is 77.0 Å². The molecule has 4 aromatic rings. The first-order valence-corrected chi connectivity index (χ1v) is 10.6. The molecule has 0 saturated carbocycles. The van der Waals surface area contributed by atoms with Crippen LogP contribution in [0.2, 0.25) is 0 Å². The standard InChI is InChI=1S/C24H29N5O2/c1-5-25-13-19(30)14-29-15-20(23(26-29)18-8-6-7-16(2)11-18)17-9-10-21-22(12-17)28(4)24(31)27(21)3/h6-12,15,19,25,30H,5,13-14H2,1-4H3. The van der Waals surface area contributed by atoms with Crippen LogP contribution in [0.25, 0.3) is 33.4 Å². The Hall–Kier alpha value is -3.16. The molecule has 0 amide bonds. The Balaban J connectivity index is 1.82. The van der Waals surface area contributed by atoms with Crippen LogP contribution in [0, 0.1) is 6.92 Å². The molecule has 31 heavy (non-hydrogen) atoms. The molecule has 7 heteroatoms. The predicted octanol–water partition coefficient (Wildman–Crippen LogP) is 2.69. The van der Waals surface area contributed by atoms with Crippen LogP contribution in [0.1, 0.15) is 12.5 Å². The molecule has 1 unspecified atom stereocenters. The number of nitrogens with zero attached hydrogens (tertiary/aromatic N) is 4. The Labute approximate surface area is 181 Å². The second kappa shape index (κ2) is 8.53. The van der Waals surface area contributed by atoms with Gasteiger partial charge in [0.15, 0.2) is 0 Å². The van der Waals surface area contributed by atoms with E-state index in [-0.39, 0.29) is 5.69 Å². The molecule has 0 aliphatic heterocycles. The molecule has 0 fully saturated rings. The molecule has 0 spiro atoms. The van der Waals surface area contributed by atoms with E-state index in [1.54, 1.807) is 23.2 Å². The zero-order valence-electron chi connectivity index (χ0n) is 18.5. The SMILES string of the molecule is CCNCC(O)Cn1cc(-c2ccc3c(c2)n(C)c(=O)n3C)c(-c2cccc(C)c2)n1. The van der Waals surface area contributed by atoms with Gasteiger partial charge in [-0.05, 0) is 37.2 Å². The Morgan fingerprint density at radius 1 is 1.06 bits per heavy atom. The number of hydrogen-bond donors (Lipinski definition) is 2. The molecule has 0 aliphatic rings. The third kappa shape index (κ3) is 4.06. The van der Waals surface area contributed by atoms with Gasteiger partial charge in [-0.25, -0.2) is 4.79 Å². The Bertz CT molecular complexity index is 1280. The van der Waals surface area contributed by atoms with Crippen LogP contribution in [0.5, 0.6) is 0 Å². The first kappa shape index (κ1) is 21.1. The van der Waals surface area contributed by atoms with Crippen molar-refractivity contribution in [1.82, 2.24) is 24.2 Å². The van der Waals surface area contributed by atoms with Gasteiger partial charge in [0, 0.05) is 38.0 Å². The van der Waals surface area contributed by atoms with E-state index in [9.17, 15) is 9.90 Å². The third-order valence-electron chi connectivity index (χ3n) is 5.66. The van der Waals surface area contributed by atoms with Crippen LogP contribution in [0.4, 0.5) is 0 Å². The minimum atomic E-state index is -0.532. The van der Waals surface area contributed by atoms with Crippen molar-refractivity contribution in [3.05, 3.63) is 64.7 Å². The van der Waals surface area contributed by atoms with Gasteiger partial charge in [-0.3, -0.25) is 13.8 Å². The molecular weight excluding hydrogens is 390 g/mol. The molecule has 4 rings (SSSR count). The van der Waals surface area contributed by atoms with E-state index in [2.05, 4.69) is 30.4 Å². The number of fused-ring (bicyclic) bond motifs is 1. The molecule has 0 aliphatic carbocycles. The predicted molar refractivity (Wildman–Crippen MR) is 124 cm³/mol. The van der Waals surface area contributed by atoms with Gasteiger partial charge in [0.2, 0.25) is 0 Å². The summed E-state index contributed by atoms with van der Waals surface area (Å²) >= 11 is 0. The number of aromatic nitrogens is 4. The number of imidazole rings is 1. The largest absolute Gasteiger partial charge is 0.390 e. The van der Waals surface area contributed by atoms with E-state index in [0.29, 0.717) is 13.1 Å². The second-order valence-electron chi connectivity index (χ2n) is 8.05. The molecule has 1 atom stereocenters. The first-order chi connectivity index (χ1) is 14.9. The smallest absolute Gasteiger partial charge is 0.328 e. The maximum atomic E-state index is 12.3. The number of aliphatic hydroxyl groups is 1. The summed E-state index contributed by atoms with van der Waals surface area (Å²) in [5.41, 5.74) is 6.72. The lowest BCUT2D eigenvalue weighted by molar-refractivity contribution is 0.148. The average molecular weight is 420 g/mol. The second-order valence-corrected chi connectivity index (χ2v) is 8.05. The summed E-state index contributed by atoms with van der Waals surface area (Å²) in [6, 6.07) is 14.3. The first-order valence-electron chi connectivity index (χ1n) is 10.6. The number of likely N-dealkylation sites (N-methyl/N-ethyl adjacent to an activating group) is 1. The summed E-state index contributed by atoms with van der Waals surface area (Å²) in [6.45, 7) is 5.81. The molecule has 7 nitrogen and oxygen atoms in total. The van der Waals surface area contributed by atoms with Crippen LogP contribution < -0.4 is 11.0 Å². The monoisotopic (exact) mass is 419 g/mol. The van der Waals surface area contributed by atoms with Crippen molar-refractivity contribution in [2.24, 2.45) is 14.1 Å². The van der Waals surface area contributed by atoms with Crippen molar-refractivity contribution in [3.63, 3.8) is 0 Å². The number of benzene rings is 2. The van der Waals surface area contributed by atoms with Crippen molar-refractivity contribution < 1.29 is 5.11 Å². The van der Waals surface area contributed by atoms with Gasteiger partial charge in [0.1, 0.15) is 5.69 Å². The van der Waals surface area contributed by atoms with Crippen molar-refractivity contribution in [2.45, 2.75) is 26.5 Å². The van der Waals surface area contributed by atoms with Gasteiger partial charge in [-0.15, -0.1) is 0 Å². The Morgan fingerprint density at radius 2 is 1.84 bits per heavy atom. The zero-order chi connectivity index (χ0) is 22.1. The van der Waals surface area contributed by atoms with Gasteiger partial charge in [0.05, 0.1) is 23.7 Å². The number of nitrogens with one attached hydrogen (secondary N) is 1. The van der Waals surface area contributed by atoms with Gasteiger partial charge in [-0.1, -0.05) is 36.8 Å². The number of rotatable bonds is 7. The van der Waals surface area contributed by atoms with Crippen LogP contribution in [-0.2, 0) is 20.6 Å². The van der Waals surface area contributed by atoms with Gasteiger partial charge in [0.25, 0.3) is 0 Å². The Kier molecular flexibility index (Phi) is 5.80. The number of aliphatic hydroxyl groups excluding tert-OH is 1. The highest BCUT2D eigenvalue weighted by molar-refractivity contribution is 5.87. The van der Waals surface area contributed by atoms with Gasteiger partial charge < -0.3 is 10.4 Å². The normalized spacial score (nSPS) is 12.5. The van der Waals surface area contributed by atoms with Crippen LogP contribution >= 0.6 is 0 Å². The van der Waals surface area contributed by atoms with E-state index >= 15 is 0 Å². The van der Waals surface area contributed by atoms with Crippen molar-refractivity contribution in [2.75, 3.05) is 13.1 Å². The summed E-state index contributed by atoms with van der Waals surface area (Å²) in [5, 5.41) is 18.4. The zero-order valence-corrected chi connectivity index (χ0v) is 18.5. The van der Waals surface area contributed by atoms with Crippen LogP contribution in [-0.4, -0.2) is 43.2 Å². The summed E-state index contributed by atoms with van der Waals surface area (Å²) in [5.74, 6) is 0. The van der Waals surface area contributed by atoms with E-state index in [1.165, 1.54) is 0 Å². The molecule has 0 saturated heterocycles. The fourth-order valence-electron chi connectivity index (χ4n) is 4.00. The molecule has 162 valence electrons. The summed E-state index contributed by atoms with van der Waals surface area (Å²) in [4.78, 5) is 12.3. The van der Waals surface area contributed by atoms with Gasteiger partial charge >= 0.3 is 5.69 Å². The summed E-state index contributed by atoms with van der Waals surface area (Å²) in [7, 11) is 3.57. The van der Waals surface area contributed by atoms with Crippen molar-refractivity contribution in [1.29, 1.82) is 0 Å². The van der Waals surface area contributed by atoms with Crippen molar-refractivity contribution >= 4 is 11.0 Å². The molecule has 2 aromatic heterocycles. The maximum absolute atomic E-state index is 12.3. The Morgan fingerprint density at radius 3 is 2.58 bits per heavy atom. The lowest BCUT2D eigenvalue weighted by Gasteiger charge is -2.10. The molecule has 2 N–H and O–H groups in total. The highest BCUT2D eigenvalue weighted by atomic mass is 16.3. The average Bonchev–Trinajstić information content (AvgIpc) is 3.27. The lowest BCUT2D eigenvalue weighted by atomic mass is 10.0. The summed E-state index contributed by atoms with van der Waals surface area (Å²) < 4.78 is 5.13. The fraction of sp³-hybridized carbons (Fsp3) is 0.333. The summed E-state index contributed by atoms with van der Waals surface area (Å²) in [6.07, 6.45) is 1.45. The lowest BCUT2D eigenvalue weighted by Crippen LogP contribution is -2.30. The number of hydrogen-bond acceptors (Lipinski definition) is 4. The van der Waals surface area contributed by atoms with Crippen LogP contribution in [0.3, 0.4) is 0 Å². The quantitative estimate of drug-likeness (QED) is 0.483. The van der Waals surface area contributed by atoms with E-state index in [1.807, 2.05) is 42.1 Å². The van der Waals surface area contributed by atoms with Crippen molar-refractivity contribution in [3.8, 4) is 22.4 Å². The van der Waals surface area contributed by atoms with E-state index in [0.717, 1.165) is 45.5 Å². The van der Waals surface area contributed by atoms with E-state index < -0.39 is 6.10 Å². The molecular formula is C24H29N5O2. The highest BCUT2D eigenvalue weighted by Gasteiger charge is 2.17. The molecule has 0 bridgehead atoms. The van der Waals surface area contributed by atoms with E-state index in [4.69, 9.17) is 5.10 Å². The fourth-order valence-corrected chi connectivity index (χ4v) is 4.00. The van der Waals surface area contributed by atoms with Crippen LogP contribution in [0.15, 0.2) is 53.5 Å². The minimum absolute atomic E-state index is 0.0479. The minimum Gasteiger partial charge on any atom is -0.390 e. The molecule has 0 radical (unpaired) electrons. The number of aryl methyl sites for hydroxylation is 3. The maximum Gasteiger partial charge on any atom is 0.328 e.